The van der Waals surface area contributed by atoms with E-state index in [0.717, 1.165) is 22.4 Å². The molecule has 3 rings (SSSR count). The van der Waals surface area contributed by atoms with E-state index >= 15 is 0 Å². The number of hydrogen-bond donors (Lipinski definition) is 1. The number of benzene rings is 3. The molecule has 3 aromatic rings. The fraction of sp³-hybridized carbons (Fsp3) is 0.190. The highest BCUT2D eigenvalue weighted by Crippen LogP contribution is 2.20. The first-order valence-electron chi connectivity index (χ1n) is 8.22. The topological polar surface area (TPSA) is 47.6 Å². The second-order valence-corrected chi connectivity index (χ2v) is 5.80. The maximum atomic E-state index is 12.2. The van der Waals surface area contributed by atoms with Crippen LogP contribution in [0, 0.1) is 6.92 Å². The van der Waals surface area contributed by atoms with Crippen LogP contribution in [0.25, 0.3) is 10.8 Å². The number of carbonyl (C=O) groups excluding carboxylic acids is 1. The predicted octanol–water partition coefficient (Wildman–Crippen LogP) is 3.97. The van der Waals surface area contributed by atoms with Crippen molar-refractivity contribution in [1.82, 2.24) is 5.32 Å². The first kappa shape index (κ1) is 16.8. The molecule has 0 atom stereocenters. The van der Waals surface area contributed by atoms with Crippen molar-refractivity contribution in [1.29, 1.82) is 0 Å². The fourth-order valence-corrected chi connectivity index (χ4v) is 2.71. The van der Waals surface area contributed by atoms with E-state index in [1.54, 1.807) is 19.2 Å². The number of amides is 1. The summed E-state index contributed by atoms with van der Waals surface area (Å²) in [5.74, 6) is 1.46. The van der Waals surface area contributed by atoms with Gasteiger partial charge in [0.25, 0.3) is 5.91 Å². The number of fused-ring (bicyclic) bond motifs is 1. The molecule has 0 heterocycles. The van der Waals surface area contributed by atoms with Gasteiger partial charge in [0.1, 0.15) is 18.1 Å². The molecular formula is C21H21NO3. The van der Waals surface area contributed by atoms with Crippen LogP contribution < -0.4 is 14.8 Å². The Bertz CT molecular complexity index is 889. The Labute approximate surface area is 147 Å². The fourth-order valence-electron chi connectivity index (χ4n) is 2.71. The molecule has 0 fully saturated rings. The lowest BCUT2D eigenvalue weighted by Crippen LogP contribution is -2.28. The van der Waals surface area contributed by atoms with Gasteiger partial charge in [-0.25, -0.2) is 0 Å². The highest BCUT2D eigenvalue weighted by atomic mass is 16.5. The van der Waals surface area contributed by atoms with Crippen molar-refractivity contribution in [3.63, 3.8) is 0 Å². The van der Waals surface area contributed by atoms with Gasteiger partial charge in [-0.2, -0.15) is 0 Å². The van der Waals surface area contributed by atoms with Gasteiger partial charge < -0.3 is 14.8 Å². The van der Waals surface area contributed by atoms with Gasteiger partial charge in [0.15, 0.2) is 0 Å². The highest BCUT2D eigenvalue weighted by Gasteiger charge is 2.07. The minimum Gasteiger partial charge on any atom is -0.496 e. The Morgan fingerprint density at radius 1 is 1.00 bits per heavy atom. The van der Waals surface area contributed by atoms with Crippen LogP contribution in [0.5, 0.6) is 11.5 Å². The van der Waals surface area contributed by atoms with Crippen LogP contribution in [-0.4, -0.2) is 26.2 Å². The summed E-state index contributed by atoms with van der Waals surface area (Å²) in [6.45, 7) is 2.77. The summed E-state index contributed by atoms with van der Waals surface area (Å²) in [5.41, 5.74) is 1.55. The first-order valence-corrected chi connectivity index (χ1v) is 8.22. The van der Waals surface area contributed by atoms with Crippen LogP contribution in [0.2, 0.25) is 0 Å². The maximum absolute atomic E-state index is 12.2. The standard InChI is InChI=1S/C21H21NO3/c1-15-13-18(8-10-20(15)24-2)21(23)22-11-12-25-19-9-7-16-5-3-4-6-17(16)14-19/h3-10,13-14H,11-12H2,1-2H3,(H,22,23). The summed E-state index contributed by atoms with van der Waals surface area (Å²) in [5, 5.41) is 5.18. The summed E-state index contributed by atoms with van der Waals surface area (Å²) in [6, 6.07) is 19.5. The van der Waals surface area contributed by atoms with E-state index in [9.17, 15) is 4.79 Å². The third-order valence-corrected chi connectivity index (χ3v) is 4.03. The van der Waals surface area contributed by atoms with Crippen LogP contribution in [-0.2, 0) is 0 Å². The number of methoxy groups -OCH3 is 1. The van der Waals surface area contributed by atoms with Gasteiger partial charge in [-0.3, -0.25) is 4.79 Å². The second kappa shape index (κ2) is 7.71. The molecule has 128 valence electrons. The van der Waals surface area contributed by atoms with Crippen molar-refractivity contribution in [2.45, 2.75) is 6.92 Å². The zero-order valence-electron chi connectivity index (χ0n) is 14.4. The molecule has 4 heteroatoms. The van der Waals surface area contributed by atoms with E-state index in [-0.39, 0.29) is 5.91 Å². The van der Waals surface area contributed by atoms with Crippen molar-refractivity contribution < 1.29 is 14.3 Å². The molecular weight excluding hydrogens is 314 g/mol. The molecule has 0 spiro atoms. The summed E-state index contributed by atoms with van der Waals surface area (Å²) in [4.78, 5) is 12.2. The monoisotopic (exact) mass is 335 g/mol. The third-order valence-electron chi connectivity index (χ3n) is 4.03. The van der Waals surface area contributed by atoms with E-state index in [1.807, 2.05) is 43.3 Å². The number of nitrogens with one attached hydrogen (secondary N) is 1. The zero-order chi connectivity index (χ0) is 17.6. The highest BCUT2D eigenvalue weighted by molar-refractivity contribution is 5.94. The van der Waals surface area contributed by atoms with E-state index < -0.39 is 0 Å². The normalized spacial score (nSPS) is 10.5. The molecule has 1 amide bonds. The Kier molecular flexibility index (Phi) is 5.19. The molecule has 25 heavy (non-hydrogen) atoms. The van der Waals surface area contributed by atoms with E-state index in [2.05, 4.69) is 17.4 Å². The Balaban J connectivity index is 1.52. The minimum atomic E-state index is -0.118. The van der Waals surface area contributed by atoms with Gasteiger partial charge in [0.2, 0.25) is 0 Å². The SMILES string of the molecule is COc1ccc(C(=O)NCCOc2ccc3ccccc3c2)cc1C. The zero-order valence-corrected chi connectivity index (χ0v) is 14.4. The van der Waals surface area contributed by atoms with Crippen LogP contribution in [0.1, 0.15) is 15.9 Å². The molecule has 0 aliphatic rings. The summed E-state index contributed by atoms with van der Waals surface area (Å²) >= 11 is 0. The van der Waals surface area contributed by atoms with Gasteiger partial charge in [-0.1, -0.05) is 30.3 Å². The third kappa shape index (κ3) is 4.10. The van der Waals surface area contributed by atoms with Gasteiger partial charge in [-0.05, 0) is 53.6 Å². The number of hydrogen-bond acceptors (Lipinski definition) is 3. The van der Waals surface area contributed by atoms with Crippen LogP contribution in [0.3, 0.4) is 0 Å². The first-order chi connectivity index (χ1) is 12.2. The number of carbonyl (C=O) groups is 1. The smallest absolute Gasteiger partial charge is 0.251 e. The van der Waals surface area contributed by atoms with Crippen LogP contribution in [0.4, 0.5) is 0 Å². The summed E-state index contributed by atoms with van der Waals surface area (Å²) < 4.78 is 10.9. The Hall–Kier alpha value is -3.01. The lowest BCUT2D eigenvalue weighted by atomic mass is 10.1. The van der Waals surface area contributed by atoms with Gasteiger partial charge in [0, 0.05) is 5.56 Å². The largest absolute Gasteiger partial charge is 0.496 e. The molecule has 3 aromatic carbocycles. The molecule has 0 saturated heterocycles. The predicted molar refractivity (Wildman–Crippen MR) is 99.5 cm³/mol. The van der Waals surface area contributed by atoms with Crippen LogP contribution >= 0.6 is 0 Å². The average molecular weight is 335 g/mol. The maximum Gasteiger partial charge on any atom is 0.251 e. The second-order valence-electron chi connectivity index (χ2n) is 5.80. The van der Waals surface area contributed by atoms with Gasteiger partial charge in [-0.15, -0.1) is 0 Å². The quantitative estimate of drug-likeness (QED) is 0.694. The Morgan fingerprint density at radius 2 is 1.80 bits per heavy atom. The number of rotatable bonds is 6. The summed E-state index contributed by atoms with van der Waals surface area (Å²) in [6.07, 6.45) is 0. The lowest BCUT2D eigenvalue weighted by Gasteiger charge is -2.10. The van der Waals surface area contributed by atoms with Crippen molar-refractivity contribution in [3.8, 4) is 11.5 Å². The molecule has 0 aromatic heterocycles. The van der Waals surface area contributed by atoms with Crippen LogP contribution in [0.15, 0.2) is 60.7 Å². The molecule has 0 bridgehead atoms. The summed E-state index contributed by atoms with van der Waals surface area (Å²) in [7, 11) is 1.62. The number of ether oxygens (including phenoxy) is 2. The molecule has 0 aliphatic heterocycles. The van der Waals surface area contributed by atoms with Crippen molar-refractivity contribution in [3.05, 3.63) is 71.8 Å². The molecule has 0 aliphatic carbocycles. The van der Waals surface area contributed by atoms with Gasteiger partial charge >= 0.3 is 0 Å². The van der Waals surface area contributed by atoms with E-state index in [1.165, 1.54) is 5.39 Å². The van der Waals surface area contributed by atoms with Gasteiger partial charge in [0.05, 0.1) is 13.7 Å². The van der Waals surface area contributed by atoms with Crippen molar-refractivity contribution >= 4 is 16.7 Å². The lowest BCUT2D eigenvalue weighted by molar-refractivity contribution is 0.0947. The minimum absolute atomic E-state index is 0.118. The van der Waals surface area contributed by atoms with E-state index in [0.29, 0.717) is 18.7 Å². The Morgan fingerprint density at radius 3 is 2.56 bits per heavy atom. The average Bonchev–Trinajstić information content (AvgIpc) is 2.64. The van der Waals surface area contributed by atoms with Crippen molar-refractivity contribution in [2.24, 2.45) is 0 Å². The molecule has 0 saturated carbocycles. The molecule has 1 N–H and O–H groups in total. The van der Waals surface area contributed by atoms with E-state index in [4.69, 9.17) is 9.47 Å². The molecule has 0 unspecified atom stereocenters. The molecule has 4 nitrogen and oxygen atoms in total. The van der Waals surface area contributed by atoms with Crippen molar-refractivity contribution in [2.75, 3.05) is 20.3 Å². The molecule has 0 radical (unpaired) electrons. The number of aryl methyl sites for hydroxylation is 1.